The van der Waals surface area contributed by atoms with Crippen molar-refractivity contribution in [1.29, 1.82) is 0 Å². The van der Waals surface area contributed by atoms with E-state index in [-0.39, 0.29) is 23.8 Å². The molecule has 1 heterocycles. The smallest absolute Gasteiger partial charge is 0.242 e. The van der Waals surface area contributed by atoms with Gasteiger partial charge in [0.2, 0.25) is 11.8 Å². The van der Waals surface area contributed by atoms with E-state index in [0.29, 0.717) is 11.5 Å². The van der Waals surface area contributed by atoms with Gasteiger partial charge in [0, 0.05) is 36.5 Å². The van der Waals surface area contributed by atoms with Gasteiger partial charge in [-0.3, -0.25) is 14.5 Å². The number of hydrogen-bond acceptors (Lipinski definition) is 3. The van der Waals surface area contributed by atoms with Crippen molar-refractivity contribution in [3.05, 3.63) is 0 Å². The number of nitrogens with zero attached hydrogens (tertiary/aromatic N) is 1. The topological polar surface area (TPSA) is 61.4 Å². The van der Waals surface area contributed by atoms with Crippen LogP contribution in [0, 0.1) is 11.3 Å². The standard InChI is InChI=1S/C16H29N3O2/c1-10(2)14(20)17-12(5)15(21)18-13-8-19(11(3)4)9-16(13)6-7-16/h10-13H,6-9H2,1-5H3,(H,17,20)(H,18,21)/t12-,13-/m0/s1. The lowest BCUT2D eigenvalue weighted by Gasteiger charge is -2.23. The van der Waals surface area contributed by atoms with Gasteiger partial charge < -0.3 is 10.6 Å². The third kappa shape index (κ3) is 3.57. The first-order valence-electron chi connectivity index (χ1n) is 8.10. The summed E-state index contributed by atoms with van der Waals surface area (Å²) < 4.78 is 0. The van der Waals surface area contributed by atoms with E-state index in [2.05, 4.69) is 29.4 Å². The van der Waals surface area contributed by atoms with Crippen LogP contribution in [0.2, 0.25) is 0 Å². The van der Waals surface area contributed by atoms with Crippen molar-refractivity contribution in [3.63, 3.8) is 0 Å². The molecule has 2 aliphatic rings. The minimum absolute atomic E-state index is 0.0640. The average molecular weight is 295 g/mol. The molecular weight excluding hydrogens is 266 g/mol. The predicted octanol–water partition coefficient (Wildman–Crippen LogP) is 1.14. The van der Waals surface area contributed by atoms with E-state index in [0.717, 1.165) is 13.1 Å². The highest BCUT2D eigenvalue weighted by atomic mass is 16.2. The lowest BCUT2D eigenvalue weighted by molar-refractivity contribution is -0.130. The summed E-state index contributed by atoms with van der Waals surface area (Å²) in [4.78, 5) is 26.4. The molecule has 0 aromatic rings. The summed E-state index contributed by atoms with van der Waals surface area (Å²) >= 11 is 0. The van der Waals surface area contributed by atoms with Crippen LogP contribution in [0.15, 0.2) is 0 Å². The zero-order chi connectivity index (χ0) is 15.8. The predicted molar refractivity (Wildman–Crippen MR) is 82.7 cm³/mol. The SMILES string of the molecule is CC(C)C(=O)N[C@@H](C)C(=O)N[C@H]1CN(C(C)C)CC12CC2. The van der Waals surface area contributed by atoms with Crippen LogP contribution < -0.4 is 10.6 Å². The fraction of sp³-hybridized carbons (Fsp3) is 0.875. The molecule has 0 aromatic heterocycles. The Morgan fingerprint density at radius 3 is 2.19 bits per heavy atom. The van der Waals surface area contributed by atoms with Crippen molar-refractivity contribution in [2.24, 2.45) is 11.3 Å². The summed E-state index contributed by atoms with van der Waals surface area (Å²) in [5.41, 5.74) is 0.293. The summed E-state index contributed by atoms with van der Waals surface area (Å²) in [7, 11) is 0. The number of carbonyl (C=O) groups is 2. The fourth-order valence-corrected chi connectivity index (χ4v) is 3.01. The molecule has 2 N–H and O–H groups in total. The van der Waals surface area contributed by atoms with Crippen molar-refractivity contribution in [3.8, 4) is 0 Å². The normalized spacial score (nSPS) is 25.4. The molecule has 1 aliphatic carbocycles. The summed E-state index contributed by atoms with van der Waals surface area (Å²) in [6, 6.07) is 0.275. The third-order valence-electron chi connectivity index (χ3n) is 4.89. The Hall–Kier alpha value is -1.10. The molecule has 0 unspecified atom stereocenters. The fourth-order valence-electron chi connectivity index (χ4n) is 3.01. The van der Waals surface area contributed by atoms with Gasteiger partial charge >= 0.3 is 0 Å². The van der Waals surface area contributed by atoms with E-state index in [9.17, 15) is 9.59 Å². The van der Waals surface area contributed by atoms with E-state index in [1.54, 1.807) is 6.92 Å². The molecule has 21 heavy (non-hydrogen) atoms. The molecule has 1 saturated heterocycles. The highest BCUT2D eigenvalue weighted by Gasteiger charge is 2.55. The van der Waals surface area contributed by atoms with Gasteiger partial charge in [0.1, 0.15) is 6.04 Å². The molecule has 2 fully saturated rings. The maximum Gasteiger partial charge on any atom is 0.242 e. The molecule has 5 nitrogen and oxygen atoms in total. The van der Waals surface area contributed by atoms with Crippen molar-refractivity contribution in [2.75, 3.05) is 13.1 Å². The Morgan fingerprint density at radius 2 is 1.71 bits per heavy atom. The molecule has 0 aromatic carbocycles. The van der Waals surface area contributed by atoms with Crippen LogP contribution in [0.25, 0.3) is 0 Å². The van der Waals surface area contributed by atoms with Gasteiger partial charge in [-0.05, 0) is 33.6 Å². The number of carbonyl (C=O) groups excluding carboxylic acids is 2. The van der Waals surface area contributed by atoms with Gasteiger partial charge in [0.05, 0.1) is 0 Å². The van der Waals surface area contributed by atoms with Gasteiger partial charge in [-0.1, -0.05) is 13.8 Å². The lowest BCUT2D eigenvalue weighted by Crippen LogP contribution is -2.51. The van der Waals surface area contributed by atoms with Crippen LogP contribution in [0.1, 0.15) is 47.5 Å². The minimum Gasteiger partial charge on any atom is -0.350 e. The van der Waals surface area contributed by atoms with E-state index < -0.39 is 6.04 Å². The first-order valence-corrected chi connectivity index (χ1v) is 8.10. The molecule has 120 valence electrons. The molecule has 1 aliphatic heterocycles. The van der Waals surface area contributed by atoms with Crippen LogP contribution >= 0.6 is 0 Å². The monoisotopic (exact) mass is 295 g/mol. The molecule has 1 spiro atoms. The van der Waals surface area contributed by atoms with Crippen LogP contribution in [-0.4, -0.2) is 47.9 Å². The van der Waals surface area contributed by atoms with Crippen LogP contribution in [0.4, 0.5) is 0 Å². The molecule has 5 heteroatoms. The Morgan fingerprint density at radius 1 is 1.10 bits per heavy atom. The molecule has 0 bridgehead atoms. The number of nitrogens with one attached hydrogen (secondary N) is 2. The molecule has 2 atom stereocenters. The maximum absolute atomic E-state index is 12.3. The van der Waals surface area contributed by atoms with Gasteiger partial charge in [-0.2, -0.15) is 0 Å². The molecule has 1 saturated carbocycles. The quantitative estimate of drug-likeness (QED) is 0.799. The molecule has 2 rings (SSSR count). The second kappa shape index (κ2) is 5.95. The zero-order valence-electron chi connectivity index (χ0n) is 13.9. The highest BCUT2D eigenvalue weighted by molar-refractivity contribution is 5.88. The molecule has 2 amide bonds. The van der Waals surface area contributed by atoms with E-state index in [1.807, 2.05) is 13.8 Å². The van der Waals surface area contributed by atoms with Crippen LogP contribution in [-0.2, 0) is 9.59 Å². The van der Waals surface area contributed by atoms with E-state index >= 15 is 0 Å². The molecular formula is C16H29N3O2. The Bertz CT molecular complexity index is 416. The third-order valence-corrected chi connectivity index (χ3v) is 4.89. The number of hydrogen-bond donors (Lipinski definition) is 2. The second-order valence-electron chi connectivity index (χ2n) is 7.33. The van der Waals surface area contributed by atoms with Gasteiger partial charge in [-0.15, -0.1) is 0 Å². The Balaban J connectivity index is 1.89. The van der Waals surface area contributed by atoms with Crippen molar-refractivity contribution in [2.45, 2.75) is 65.6 Å². The first-order chi connectivity index (χ1) is 9.75. The Labute approximate surface area is 127 Å². The Kier molecular flexibility index (Phi) is 4.61. The van der Waals surface area contributed by atoms with Crippen molar-refractivity contribution in [1.82, 2.24) is 15.5 Å². The minimum atomic E-state index is -0.469. The first kappa shape index (κ1) is 16.3. The number of amides is 2. The van der Waals surface area contributed by atoms with Crippen molar-refractivity contribution >= 4 is 11.8 Å². The summed E-state index contributed by atoms with van der Waals surface area (Å²) in [6.07, 6.45) is 2.40. The van der Waals surface area contributed by atoms with Gasteiger partial charge in [-0.25, -0.2) is 0 Å². The van der Waals surface area contributed by atoms with E-state index in [1.165, 1.54) is 12.8 Å². The maximum atomic E-state index is 12.3. The summed E-state index contributed by atoms with van der Waals surface area (Å²) in [6.45, 7) is 11.8. The molecule has 0 radical (unpaired) electrons. The van der Waals surface area contributed by atoms with Gasteiger partial charge in [0.25, 0.3) is 0 Å². The van der Waals surface area contributed by atoms with Crippen molar-refractivity contribution < 1.29 is 9.59 Å². The van der Waals surface area contributed by atoms with Gasteiger partial charge in [0.15, 0.2) is 0 Å². The second-order valence-corrected chi connectivity index (χ2v) is 7.33. The van der Waals surface area contributed by atoms with Crippen LogP contribution in [0.3, 0.4) is 0 Å². The number of rotatable bonds is 5. The van der Waals surface area contributed by atoms with E-state index in [4.69, 9.17) is 0 Å². The average Bonchev–Trinajstić information content (AvgIpc) is 3.07. The summed E-state index contributed by atoms with van der Waals surface area (Å²) in [5.74, 6) is -0.238. The summed E-state index contributed by atoms with van der Waals surface area (Å²) in [5, 5.41) is 5.94. The number of likely N-dealkylation sites (tertiary alicyclic amines) is 1. The van der Waals surface area contributed by atoms with Crippen LogP contribution in [0.5, 0.6) is 0 Å². The lowest BCUT2D eigenvalue weighted by atomic mass is 10.0. The largest absolute Gasteiger partial charge is 0.350 e. The highest BCUT2D eigenvalue weighted by Crippen LogP contribution is 2.53. The zero-order valence-corrected chi connectivity index (χ0v) is 13.9.